The Balaban J connectivity index is 1.11. The number of fused-ring (bicyclic) bond motifs is 8. The monoisotopic (exact) mass is 1240 g/mol. The van der Waals surface area contributed by atoms with Crippen molar-refractivity contribution in [2.24, 2.45) is 30.4 Å². The molecule has 8 aromatic rings. The number of ether oxygens (including phenoxy) is 2. The molecule has 0 saturated heterocycles. The Morgan fingerprint density at radius 3 is 1.00 bits per heavy atom. The average Bonchev–Trinajstić information content (AvgIpc) is 0.792. The maximum Gasteiger partial charge on any atom is 0.296 e. The van der Waals surface area contributed by atoms with Crippen molar-refractivity contribution in [3.05, 3.63) is 232 Å². The van der Waals surface area contributed by atoms with E-state index in [4.69, 9.17) is 9.47 Å². The highest BCUT2D eigenvalue weighted by Crippen LogP contribution is 2.44. The van der Waals surface area contributed by atoms with Crippen LogP contribution in [0.25, 0.3) is 0 Å². The van der Waals surface area contributed by atoms with Gasteiger partial charge in [-0.2, -0.15) is 10.2 Å². The number of nitrogens with zero attached hydrogens (tertiary/aromatic N) is 8. The van der Waals surface area contributed by atoms with Crippen LogP contribution in [-0.2, 0) is 47.3 Å². The second-order valence-electron chi connectivity index (χ2n) is 27.4. The van der Waals surface area contributed by atoms with Crippen LogP contribution in [0.3, 0.4) is 0 Å². The average molecular weight is 1240 g/mol. The predicted molar refractivity (Wildman–Crippen MR) is 362 cm³/mol. The maximum atomic E-state index is 12.9. The lowest BCUT2D eigenvalue weighted by Gasteiger charge is -2.28. The van der Waals surface area contributed by atoms with Gasteiger partial charge in [0.2, 0.25) is 0 Å². The van der Waals surface area contributed by atoms with Gasteiger partial charge in [0.05, 0.1) is 34.3 Å². The van der Waals surface area contributed by atoms with E-state index in [1.54, 1.807) is 48.5 Å². The van der Waals surface area contributed by atoms with Gasteiger partial charge in [-0.25, -0.2) is 0 Å². The first-order valence-corrected chi connectivity index (χ1v) is 30.7. The quantitative estimate of drug-likeness (QED) is 0.0234. The van der Waals surface area contributed by atoms with Gasteiger partial charge in [-0.1, -0.05) is 156 Å². The van der Waals surface area contributed by atoms with Crippen molar-refractivity contribution in [3.63, 3.8) is 0 Å². The second-order valence-corrected chi connectivity index (χ2v) is 27.4. The van der Waals surface area contributed by atoms with Gasteiger partial charge in [0.25, 0.3) is 11.4 Å². The zero-order chi connectivity index (χ0) is 66.5. The van der Waals surface area contributed by atoms with Crippen LogP contribution in [-0.4, -0.2) is 69.0 Å². The Morgan fingerprint density at radius 2 is 0.707 bits per heavy atom. The summed E-state index contributed by atoms with van der Waals surface area (Å²) >= 11 is 0. The van der Waals surface area contributed by atoms with Crippen LogP contribution in [0.15, 0.2) is 164 Å². The second kappa shape index (κ2) is 27.2. The third kappa shape index (κ3) is 16.1. The topological polar surface area (TPSA) is 260 Å². The Bertz CT molecular complexity index is 3870. The largest absolute Gasteiger partial charge is 0.507 e. The SMILES string of the molecule is CC(C)(C)c1cc2c(O)c(c1)Cc1cc(C(C)(C)C)cc(c1OCCN=Cc1cc(N=Nc3ccccc3[N+](=O)[O-])ccc1O)Cc1cc(C(C)(C)C)cc(c1O)Cc1cc(C(C)(C)C)cc(c1OCCN=Cc1cc(N=Nc3ccccc3[N+](=O)[O-])ccc1O)C2. The van der Waals surface area contributed by atoms with Gasteiger partial charge in [0, 0.05) is 61.4 Å². The van der Waals surface area contributed by atoms with Crippen LogP contribution in [0.5, 0.6) is 34.5 Å². The molecule has 0 atom stereocenters. The fraction of sp³-hybridized carbons (Fsp3) is 0.324. The van der Waals surface area contributed by atoms with Crippen LogP contribution in [0.1, 0.15) is 161 Å². The highest BCUT2D eigenvalue weighted by atomic mass is 16.6. The van der Waals surface area contributed by atoms with Crippen molar-refractivity contribution in [1.29, 1.82) is 0 Å². The fourth-order valence-corrected chi connectivity index (χ4v) is 10.8. The van der Waals surface area contributed by atoms with Crippen molar-refractivity contribution in [2.75, 3.05) is 26.3 Å². The minimum atomic E-state index is -0.522. The Labute approximate surface area is 537 Å². The molecule has 4 N–H and O–H groups in total. The first-order chi connectivity index (χ1) is 43.4. The van der Waals surface area contributed by atoms with E-state index in [1.165, 1.54) is 48.8 Å². The number of aromatic hydroxyl groups is 4. The lowest BCUT2D eigenvalue weighted by atomic mass is 9.79. The number of rotatable bonds is 16. The summed E-state index contributed by atoms with van der Waals surface area (Å²) in [4.78, 5) is 31.5. The van der Waals surface area contributed by atoms with E-state index < -0.39 is 9.85 Å². The summed E-state index contributed by atoms with van der Waals surface area (Å²) in [7, 11) is 0. The third-order valence-electron chi connectivity index (χ3n) is 16.1. The Morgan fingerprint density at radius 1 is 0.413 bits per heavy atom. The van der Waals surface area contributed by atoms with E-state index in [0.29, 0.717) is 56.3 Å². The third-order valence-corrected chi connectivity index (χ3v) is 16.1. The number of hydrogen-bond donors (Lipinski definition) is 4. The fourth-order valence-electron chi connectivity index (χ4n) is 10.8. The lowest BCUT2D eigenvalue weighted by molar-refractivity contribution is -0.384. The minimum Gasteiger partial charge on any atom is -0.507 e. The number of azo groups is 2. The van der Waals surface area contributed by atoms with E-state index in [-0.39, 0.29) is 119 Å². The lowest BCUT2D eigenvalue weighted by Crippen LogP contribution is -2.17. The van der Waals surface area contributed by atoms with Gasteiger partial charge in [-0.15, -0.1) is 10.2 Å². The van der Waals surface area contributed by atoms with E-state index in [1.807, 2.05) is 0 Å². The number of benzene rings is 8. The number of aliphatic imine (C=N–C) groups is 2. The normalized spacial score (nSPS) is 13.2. The molecule has 0 spiro atoms. The molecule has 8 aromatic carbocycles. The zero-order valence-corrected chi connectivity index (χ0v) is 54.3. The molecule has 0 saturated carbocycles. The van der Waals surface area contributed by atoms with Crippen molar-refractivity contribution >= 4 is 46.6 Å². The van der Waals surface area contributed by atoms with Crippen molar-refractivity contribution < 1.29 is 39.7 Å². The van der Waals surface area contributed by atoms with E-state index in [9.17, 15) is 40.7 Å². The van der Waals surface area contributed by atoms with Gasteiger partial charge < -0.3 is 29.9 Å². The molecule has 0 radical (unpaired) electrons. The van der Waals surface area contributed by atoms with Crippen molar-refractivity contribution in [3.8, 4) is 34.5 Å². The number of phenolic OH excluding ortho intramolecular Hbond substituents is 4. The number of nitro groups is 2. The van der Waals surface area contributed by atoms with Crippen LogP contribution >= 0.6 is 0 Å². The molecule has 18 heteroatoms. The van der Waals surface area contributed by atoms with E-state index in [0.717, 1.165) is 44.5 Å². The van der Waals surface area contributed by atoms with Crippen LogP contribution in [0.2, 0.25) is 0 Å². The van der Waals surface area contributed by atoms with Crippen LogP contribution in [0.4, 0.5) is 34.1 Å². The van der Waals surface area contributed by atoms with Gasteiger partial charge >= 0.3 is 0 Å². The molecule has 476 valence electrons. The molecular weight excluding hydrogens is 1160 g/mol. The summed E-state index contributed by atoms with van der Waals surface area (Å²) < 4.78 is 13.9. The molecule has 0 unspecified atom stereocenters. The zero-order valence-electron chi connectivity index (χ0n) is 54.3. The summed E-state index contributed by atoms with van der Waals surface area (Å²) in [5, 5.41) is 87.4. The van der Waals surface area contributed by atoms with Crippen molar-refractivity contribution in [1.82, 2.24) is 0 Å². The molecule has 18 nitrogen and oxygen atoms in total. The molecule has 8 bridgehead atoms. The highest BCUT2D eigenvalue weighted by Gasteiger charge is 2.29. The first-order valence-electron chi connectivity index (χ1n) is 30.7. The number of para-hydroxylation sites is 2. The smallest absolute Gasteiger partial charge is 0.296 e. The van der Waals surface area contributed by atoms with Gasteiger partial charge in [-0.3, -0.25) is 30.2 Å². The molecule has 0 amide bonds. The number of phenols is 4. The number of hydrogen-bond acceptors (Lipinski definition) is 16. The number of nitro benzene ring substituents is 2. The maximum absolute atomic E-state index is 12.9. The summed E-state index contributed by atoms with van der Waals surface area (Å²) in [6, 6.07) is 38.3. The molecule has 1 aliphatic carbocycles. The van der Waals surface area contributed by atoms with E-state index in [2.05, 4.69) is 162 Å². The van der Waals surface area contributed by atoms with Gasteiger partial charge in [0.15, 0.2) is 11.4 Å². The van der Waals surface area contributed by atoms with Gasteiger partial charge in [0.1, 0.15) is 47.7 Å². The summed E-state index contributed by atoms with van der Waals surface area (Å²) in [5.41, 5.74) is 10.2. The highest BCUT2D eigenvalue weighted by molar-refractivity contribution is 5.85. The van der Waals surface area contributed by atoms with Gasteiger partial charge in [-0.05, 0) is 137 Å². The first kappa shape index (κ1) is 66.3. The molecule has 0 fully saturated rings. The molecule has 0 aromatic heterocycles. The standard InChI is InChI=1S/C74H80N8O10/c1-71(2,3)55-33-45-29-49-37-57(73(7,8)9)39-51(69(49)91-27-25-75-43-53-41-59(21-23-65(53)83)77-79-61-17-13-15-19-63(61)81(87)88)31-47-35-56(72(4,5)6)36-48(68(47)86)32-52-40-58(74(10,11)12)38-50(30-46(34-55)67(45)85)70(52)92-28-26-76-44-54-42-60(22-24-66(54)84)78-80-62-18-14-16-20-64(62)82(89)90/h13-24,33-44,83-86H,25-32H2,1-12H3. The van der Waals surface area contributed by atoms with E-state index >= 15 is 0 Å². The molecule has 9 rings (SSSR count). The molecular formula is C74H80N8O10. The molecule has 92 heavy (non-hydrogen) atoms. The summed E-state index contributed by atoms with van der Waals surface area (Å²) in [6.45, 7) is 26.5. The van der Waals surface area contributed by atoms with Crippen molar-refractivity contribution in [2.45, 2.75) is 130 Å². The summed E-state index contributed by atoms with van der Waals surface area (Å²) in [6.07, 6.45) is 4.17. The minimum absolute atomic E-state index is 0.0478. The molecule has 1 aliphatic rings. The van der Waals surface area contributed by atoms with Crippen LogP contribution < -0.4 is 9.47 Å². The summed E-state index contributed by atoms with van der Waals surface area (Å²) in [5.74, 6) is 1.40. The Kier molecular flexibility index (Phi) is 19.6. The predicted octanol–water partition coefficient (Wildman–Crippen LogP) is 18.0. The Hall–Kier alpha value is -10.1. The molecule has 0 heterocycles. The molecule has 0 aliphatic heterocycles. The van der Waals surface area contributed by atoms with Crippen LogP contribution in [0, 0.1) is 20.2 Å².